The van der Waals surface area contributed by atoms with E-state index in [-0.39, 0.29) is 24.0 Å². The topological polar surface area (TPSA) is 74.2 Å². The molecule has 2 rings (SSSR count). The maximum absolute atomic E-state index is 13.0. The highest BCUT2D eigenvalue weighted by Gasteiger charge is 2.18. The Bertz CT molecular complexity index is 507. The zero-order chi connectivity index (χ0) is 13.7. The van der Waals surface area contributed by atoms with Crippen molar-refractivity contribution in [2.45, 2.75) is 12.5 Å². The lowest BCUT2D eigenvalue weighted by Crippen LogP contribution is -2.40. The average Bonchev–Trinajstić information content (AvgIpc) is 2.42. The van der Waals surface area contributed by atoms with Crippen LogP contribution >= 0.6 is 0 Å². The Morgan fingerprint density at radius 2 is 2.47 bits per heavy atom. The molecular weight excluding hydrogens is 249 g/mol. The summed E-state index contributed by atoms with van der Waals surface area (Å²) < 4.78 is 18.4. The van der Waals surface area contributed by atoms with Crippen molar-refractivity contribution < 1.29 is 13.9 Å². The minimum atomic E-state index is -0.505. The largest absolute Gasteiger partial charge is 0.375 e. The first-order valence-corrected chi connectivity index (χ1v) is 6.01. The van der Waals surface area contributed by atoms with Crippen LogP contribution in [0.4, 0.5) is 10.1 Å². The van der Waals surface area contributed by atoms with Crippen molar-refractivity contribution in [1.82, 2.24) is 5.32 Å². The van der Waals surface area contributed by atoms with E-state index in [4.69, 9.17) is 10.00 Å². The molecule has 1 aromatic carbocycles. The van der Waals surface area contributed by atoms with Crippen LogP contribution in [0.5, 0.6) is 0 Å². The Labute approximate surface area is 110 Å². The molecule has 0 aromatic heterocycles. The van der Waals surface area contributed by atoms with Crippen molar-refractivity contribution in [3.8, 4) is 6.07 Å². The average molecular weight is 263 g/mol. The number of nitrogens with one attached hydrogen (secondary N) is 2. The third kappa shape index (κ3) is 3.74. The second-order valence-corrected chi connectivity index (χ2v) is 4.25. The van der Waals surface area contributed by atoms with Crippen LogP contribution in [-0.4, -0.2) is 31.7 Å². The molecule has 1 amide bonds. The van der Waals surface area contributed by atoms with E-state index in [9.17, 15) is 9.18 Å². The van der Waals surface area contributed by atoms with Crippen molar-refractivity contribution in [3.05, 3.63) is 29.6 Å². The fraction of sp³-hybridized carbons (Fsp3) is 0.385. The van der Waals surface area contributed by atoms with E-state index < -0.39 is 5.82 Å². The van der Waals surface area contributed by atoms with E-state index in [0.717, 1.165) is 12.6 Å². The van der Waals surface area contributed by atoms with Crippen molar-refractivity contribution in [2.75, 3.05) is 25.0 Å². The smallest absolute Gasteiger partial charge is 0.227 e. The van der Waals surface area contributed by atoms with Crippen molar-refractivity contribution >= 4 is 11.6 Å². The molecule has 0 spiro atoms. The molecule has 2 N–H and O–H groups in total. The number of ether oxygens (including phenoxy) is 1. The van der Waals surface area contributed by atoms with Gasteiger partial charge < -0.3 is 15.4 Å². The van der Waals surface area contributed by atoms with Crippen LogP contribution < -0.4 is 10.6 Å². The summed E-state index contributed by atoms with van der Waals surface area (Å²) in [6, 6.07) is 5.52. The first kappa shape index (κ1) is 13.5. The van der Waals surface area contributed by atoms with E-state index in [1.54, 1.807) is 0 Å². The third-order valence-electron chi connectivity index (χ3n) is 2.79. The van der Waals surface area contributed by atoms with Gasteiger partial charge in [-0.1, -0.05) is 0 Å². The Hall–Kier alpha value is -1.97. The molecule has 1 aliphatic heterocycles. The second kappa shape index (κ2) is 6.27. The first-order valence-electron chi connectivity index (χ1n) is 6.01. The van der Waals surface area contributed by atoms with Gasteiger partial charge in [-0.2, -0.15) is 5.26 Å². The summed E-state index contributed by atoms with van der Waals surface area (Å²) in [7, 11) is 0. The summed E-state index contributed by atoms with van der Waals surface area (Å²) in [6.07, 6.45) is 0.0367. The van der Waals surface area contributed by atoms with Gasteiger partial charge in [-0.25, -0.2) is 4.39 Å². The molecule has 1 unspecified atom stereocenters. The highest BCUT2D eigenvalue weighted by molar-refractivity contribution is 5.92. The van der Waals surface area contributed by atoms with Gasteiger partial charge in [-0.05, 0) is 18.2 Å². The molecule has 1 aliphatic rings. The number of halogens is 1. The number of hydrogen-bond donors (Lipinski definition) is 2. The fourth-order valence-corrected chi connectivity index (χ4v) is 1.88. The summed E-state index contributed by atoms with van der Waals surface area (Å²) >= 11 is 0. The van der Waals surface area contributed by atoms with E-state index in [2.05, 4.69) is 10.6 Å². The number of morpholine rings is 1. The molecule has 0 aliphatic carbocycles. The molecule has 19 heavy (non-hydrogen) atoms. The van der Waals surface area contributed by atoms with E-state index in [1.807, 2.05) is 6.07 Å². The van der Waals surface area contributed by atoms with Gasteiger partial charge in [0.1, 0.15) is 11.9 Å². The predicted molar refractivity (Wildman–Crippen MR) is 67.0 cm³/mol. The van der Waals surface area contributed by atoms with Crippen molar-refractivity contribution in [1.29, 1.82) is 5.26 Å². The van der Waals surface area contributed by atoms with Crippen molar-refractivity contribution in [2.24, 2.45) is 0 Å². The summed E-state index contributed by atoms with van der Waals surface area (Å²) in [5.41, 5.74) is 0.425. The van der Waals surface area contributed by atoms with Gasteiger partial charge in [-0.15, -0.1) is 0 Å². The van der Waals surface area contributed by atoms with Crippen LogP contribution in [0.1, 0.15) is 12.0 Å². The summed E-state index contributed by atoms with van der Waals surface area (Å²) in [6.45, 7) is 1.99. The van der Waals surface area contributed by atoms with Crippen LogP contribution in [0.15, 0.2) is 18.2 Å². The Morgan fingerprint density at radius 1 is 1.63 bits per heavy atom. The number of amides is 1. The van der Waals surface area contributed by atoms with Crippen LogP contribution in [-0.2, 0) is 9.53 Å². The molecule has 1 saturated heterocycles. The van der Waals surface area contributed by atoms with Gasteiger partial charge in [0.15, 0.2) is 0 Å². The molecule has 1 fully saturated rings. The molecular formula is C13H14FN3O2. The van der Waals surface area contributed by atoms with Gasteiger partial charge in [0.2, 0.25) is 5.91 Å². The lowest BCUT2D eigenvalue weighted by molar-refractivity contribution is -0.119. The summed E-state index contributed by atoms with van der Waals surface area (Å²) in [5, 5.41) is 14.6. The first-order chi connectivity index (χ1) is 9.19. The number of hydrogen-bond acceptors (Lipinski definition) is 4. The molecule has 5 nitrogen and oxygen atoms in total. The van der Waals surface area contributed by atoms with Gasteiger partial charge in [0, 0.05) is 13.1 Å². The third-order valence-corrected chi connectivity index (χ3v) is 2.79. The van der Waals surface area contributed by atoms with Crippen LogP contribution in [0, 0.1) is 17.1 Å². The van der Waals surface area contributed by atoms with Crippen LogP contribution in [0.25, 0.3) is 0 Å². The molecule has 0 saturated carbocycles. The minimum Gasteiger partial charge on any atom is -0.375 e. The molecule has 1 aromatic rings. The highest BCUT2D eigenvalue weighted by Crippen LogP contribution is 2.16. The van der Waals surface area contributed by atoms with E-state index in [0.29, 0.717) is 18.8 Å². The number of carbonyl (C=O) groups is 1. The standard InChI is InChI=1S/C13H14FN3O2/c14-10-1-2-12(9(5-10)7-15)17-13(18)6-11-8-16-3-4-19-11/h1-2,5,11,16H,3-4,6,8H2,(H,17,18). The maximum atomic E-state index is 13.0. The molecule has 0 radical (unpaired) electrons. The van der Waals surface area contributed by atoms with Crippen LogP contribution in [0.2, 0.25) is 0 Å². The van der Waals surface area contributed by atoms with E-state index in [1.165, 1.54) is 12.1 Å². The Kier molecular flexibility index (Phi) is 4.44. The number of nitrogens with zero attached hydrogens (tertiary/aromatic N) is 1. The molecule has 6 heteroatoms. The lowest BCUT2D eigenvalue weighted by Gasteiger charge is -2.23. The SMILES string of the molecule is N#Cc1cc(F)ccc1NC(=O)CC1CNCCO1. The van der Waals surface area contributed by atoms with E-state index >= 15 is 0 Å². The number of rotatable bonds is 3. The van der Waals surface area contributed by atoms with Crippen LogP contribution in [0.3, 0.4) is 0 Å². The Morgan fingerprint density at radius 3 is 3.16 bits per heavy atom. The molecule has 1 heterocycles. The number of carbonyl (C=O) groups excluding carboxylic acids is 1. The lowest BCUT2D eigenvalue weighted by atomic mass is 10.1. The quantitative estimate of drug-likeness (QED) is 0.853. The molecule has 100 valence electrons. The summed E-state index contributed by atoms with van der Waals surface area (Å²) in [5.74, 6) is -0.758. The second-order valence-electron chi connectivity index (χ2n) is 4.25. The molecule has 1 atom stereocenters. The monoisotopic (exact) mass is 263 g/mol. The van der Waals surface area contributed by atoms with Gasteiger partial charge in [-0.3, -0.25) is 4.79 Å². The van der Waals surface area contributed by atoms with Gasteiger partial charge >= 0.3 is 0 Å². The highest BCUT2D eigenvalue weighted by atomic mass is 19.1. The molecule has 0 bridgehead atoms. The summed E-state index contributed by atoms with van der Waals surface area (Å²) in [4.78, 5) is 11.8. The fourth-order valence-electron chi connectivity index (χ4n) is 1.88. The van der Waals surface area contributed by atoms with Gasteiger partial charge in [0.05, 0.1) is 30.4 Å². The van der Waals surface area contributed by atoms with Gasteiger partial charge in [0.25, 0.3) is 0 Å². The zero-order valence-corrected chi connectivity index (χ0v) is 10.3. The zero-order valence-electron chi connectivity index (χ0n) is 10.3. The number of benzene rings is 1. The predicted octanol–water partition coefficient (Wildman–Crippen LogP) is 1.01. The normalized spacial score (nSPS) is 18.6. The number of anilines is 1. The van der Waals surface area contributed by atoms with Crippen molar-refractivity contribution in [3.63, 3.8) is 0 Å². The minimum absolute atomic E-state index is 0.107. The Balaban J connectivity index is 1.97. The number of nitriles is 1. The maximum Gasteiger partial charge on any atom is 0.227 e.